The third kappa shape index (κ3) is 3.81. The molecule has 1 saturated carbocycles. The van der Waals surface area contributed by atoms with Gasteiger partial charge in [-0.3, -0.25) is 4.98 Å². The van der Waals surface area contributed by atoms with Gasteiger partial charge in [-0.2, -0.15) is 0 Å². The van der Waals surface area contributed by atoms with E-state index in [9.17, 15) is 9.90 Å². The van der Waals surface area contributed by atoms with Crippen molar-refractivity contribution in [2.45, 2.75) is 37.8 Å². The quantitative estimate of drug-likeness (QED) is 0.789. The van der Waals surface area contributed by atoms with Crippen molar-refractivity contribution in [1.82, 2.24) is 15.6 Å². The highest BCUT2D eigenvalue weighted by atomic mass is 35.5. The molecule has 1 fully saturated rings. The number of carbonyl (C=O) groups excluding carboxylic acids is 1. The molecule has 0 radical (unpaired) electrons. The molecule has 0 atom stereocenters. The Kier molecular flexibility index (Phi) is 4.61. The van der Waals surface area contributed by atoms with Crippen molar-refractivity contribution in [3.63, 3.8) is 0 Å². The van der Waals surface area contributed by atoms with E-state index < -0.39 is 5.54 Å². The summed E-state index contributed by atoms with van der Waals surface area (Å²) in [5.74, 6) is 0. The standard InChI is InChI=1S/C13H18ClN3O2/c14-10-3-4-11(15-7-10)8-16-12(19)17-13(9-18)5-1-2-6-13/h3-4,7,18H,1-2,5-6,8-9H2,(H2,16,17,19). The maximum Gasteiger partial charge on any atom is 0.315 e. The number of hydrogen-bond acceptors (Lipinski definition) is 3. The first kappa shape index (κ1) is 14.1. The van der Waals surface area contributed by atoms with Crippen LogP contribution in [-0.4, -0.2) is 28.3 Å². The summed E-state index contributed by atoms with van der Waals surface area (Å²) in [6, 6.07) is 3.23. The molecular formula is C13H18ClN3O2. The number of aliphatic hydroxyl groups is 1. The molecular weight excluding hydrogens is 266 g/mol. The van der Waals surface area contributed by atoms with Gasteiger partial charge in [0.25, 0.3) is 0 Å². The van der Waals surface area contributed by atoms with Crippen molar-refractivity contribution in [3.8, 4) is 0 Å². The van der Waals surface area contributed by atoms with E-state index in [1.54, 1.807) is 18.3 Å². The van der Waals surface area contributed by atoms with Crippen molar-refractivity contribution in [3.05, 3.63) is 29.0 Å². The highest BCUT2D eigenvalue weighted by molar-refractivity contribution is 6.30. The number of nitrogens with zero attached hydrogens (tertiary/aromatic N) is 1. The van der Waals surface area contributed by atoms with E-state index in [2.05, 4.69) is 15.6 Å². The summed E-state index contributed by atoms with van der Waals surface area (Å²) in [7, 11) is 0. The van der Waals surface area contributed by atoms with Crippen LogP contribution in [0, 0.1) is 0 Å². The Morgan fingerprint density at radius 1 is 1.42 bits per heavy atom. The van der Waals surface area contributed by atoms with Crippen molar-refractivity contribution < 1.29 is 9.90 Å². The summed E-state index contributed by atoms with van der Waals surface area (Å²) in [4.78, 5) is 15.9. The largest absolute Gasteiger partial charge is 0.394 e. The zero-order chi connectivity index (χ0) is 13.7. The third-order valence-corrected chi connectivity index (χ3v) is 3.68. The predicted molar refractivity (Wildman–Crippen MR) is 72.9 cm³/mol. The first-order valence-electron chi connectivity index (χ1n) is 6.41. The number of carbonyl (C=O) groups is 1. The molecule has 0 saturated heterocycles. The Balaban J connectivity index is 1.82. The van der Waals surface area contributed by atoms with Gasteiger partial charge in [-0.15, -0.1) is 0 Å². The number of rotatable bonds is 4. The van der Waals surface area contributed by atoms with Gasteiger partial charge in [0.2, 0.25) is 0 Å². The van der Waals surface area contributed by atoms with Gasteiger partial charge in [0.1, 0.15) is 0 Å². The molecule has 1 aliphatic carbocycles. The fourth-order valence-corrected chi connectivity index (χ4v) is 2.45. The minimum Gasteiger partial charge on any atom is -0.394 e. The average molecular weight is 284 g/mol. The minimum absolute atomic E-state index is 0.0143. The molecule has 0 spiro atoms. The van der Waals surface area contributed by atoms with Gasteiger partial charge >= 0.3 is 6.03 Å². The summed E-state index contributed by atoms with van der Waals surface area (Å²) in [6.07, 6.45) is 5.29. The van der Waals surface area contributed by atoms with E-state index in [4.69, 9.17) is 11.6 Å². The van der Waals surface area contributed by atoms with Gasteiger partial charge in [-0.25, -0.2) is 4.79 Å². The van der Waals surface area contributed by atoms with Gasteiger partial charge in [0.05, 0.1) is 29.4 Å². The zero-order valence-electron chi connectivity index (χ0n) is 10.7. The number of aliphatic hydroxyl groups excluding tert-OH is 1. The van der Waals surface area contributed by atoms with Crippen molar-refractivity contribution in [1.29, 1.82) is 0 Å². The lowest BCUT2D eigenvalue weighted by molar-refractivity contribution is 0.162. The molecule has 1 aromatic rings. The number of halogens is 1. The van der Waals surface area contributed by atoms with Gasteiger partial charge < -0.3 is 15.7 Å². The van der Waals surface area contributed by atoms with Crippen LogP contribution in [-0.2, 0) is 6.54 Å². The Hall–Kier alpha value is -1.33. The lowest BCUT2D eigenvalue weighted by atomic mass is 9.99. The molecule has 1 heterocycles. The van der Waals surface area contributed by atoms with E-state index in [1.807, 2.05) is 0 Å². The van der Waals surface area contributed by atoms with E-state index >= 15 is 0 Å². The number of hydrogen-bond donors (Lipinski definition) is 3. The second kappa shape index (κ2) is 6.21. The topological polar surface area (TPSA) is 74.2 Å². The maximum atomic E-state index is 11.8. The lowest BCUT2D eigenvalue weighted by Crippen LogP contribution is -2.52. The van der Waals surface area contributed by atoms with Crippen LogP contribution in [0.3, 0.4) is 0 Å². The second-order valence-electron chi connectivity index (χ2n) is 4.92. The predicted octanol–water partition coefficient (Wildman–Crippen LogP) is 1.84. The monoisotopic (exact) mass is 283 g/mol. The van der Waals surface area contributed by atoms with Gasteiger partial charge in [-0.1, -0.05) is 24.4 Å². The van der Waals surface area contributed by atoms with Crippen LogP contribution in [0.25, 0.3) is 0 Å². The Morgan fingerprint density at radius 3 is 2.74 bits per heavy atom. The number of pyridine rings is 1. The fourth-order valence-electron chi connectivity index (χ4n) is 2.34. The van der Waals surface area contributed by atoms with Crippen LogP contribution in [0.5, 0.6) is 0 Å². The van der Waals surface area contributed by atoms with Gasteiger partial charge in [0, 0.05) is 6.20 Å². The van der Waals surface area contributed by atoms with Crippen molar-refractivity contribution >= 4 is 17.6 Å². The molecule has 0 aliphatic heterocycles. The summed E-state index contributed by atoms with van der Waals surface area (Å²) in [5.41, 5.74) is 0.293. The van der Waals surface area contributed by atoms with Crippen LogP contribution in [0.1, 0.15) is 31.4 Å². The molecule has 19 heavy (non-hydrogen) atoms. The summed E-state index contributed by atoms with van der Waals surface area (Å²) in [6.45, 7) is 0.324. The molecule has 0 unspecified atom stereocenters. The highest BCUT2D eigenvalue weighted by Crippen LogP contribution is 2.28. The summed E-state index contributed by atoms with van der Waals surface area (Å²) in [5, 5.41) is 15.6. The van der Waals surface area contributed by atoms with Crippen LogP contribution in [0.2, 0.25) is 5.02 Å². The first-order valence-corrected chi connectivity index (χ1v) is 6.79. The Morgan fingerprint density at radius 2 is 2.16 bits per heavy atom. The van der Waals surface area contributed by atoms with Gasteiger partial charge in [0.15, 0.2) is 0 Å². The summed E-state index contributed by atoms with van der Waals surface area (Å²) < 4.78 is 0. The third-order valence-electron chi connectivity index (χ3n) is 3.46. The average Bonchev–Trinajstić information content (AvgIpc) is 2.87. The SMILES string of the molecule is O=C(NCc1ccc(Cl)cn1)NC1(CO)CCCC1. The zero-order valence-corrected chi connectivity index (χ0v) is 11.4. The van der Waals surface area contributed by atoms with Crippen molar-refractivity contribution in [2.24, 2.45) is 0 Å². The number of urea groups is 1. The number of amides is 2. The van der Waals surface area contributed by atoms with Crippen LogP contribution in [0.15, 0.2) is 18.3 Å². The lowest BCUT2D eigenvalue weighted by Gasteiger charge is -2.27. The highest BCUT2D eigenvalue weighted by Gasteiger charge is 2.34. The molecule has 3 N–H and O–H groups in total. The summed E-state index contributed by atoms with van der Waals surface area (Å²) >= 11 is 5.73. The molecule has 2 amide bonds. The molecule has 2 rings (SSSR count). The van der Waals surface area contributed by atoms with Crippen LogP contribution >= 0.6 is 11.6 Å². The van der Waals surface area contributed by atoms with Crippen molar-refractivity contribution in [2.75, 3.05) is 6.61 Å². The van der Waals surface area contributed by atoms with E-state index in [0.717, 1.165) is 31.4 Å². The molecule has 1 aromatic heterocycles. The molecule has 5 nitrogen and oxygen atoms in total. The number of nitrogens with one attached hydrogen (secondary N) is 2. The normalized spacial score (nSPS) is 17.2. The number of aromatic nitrogens is 1. The molecule has 104 valence electrons. The van der Waals surface area contributed by atoms with E-state index in [-0.39, 0.29) is 12.6 Å². The van der Waals surface area contributed by atoms with Crippen LogP contribution < -0.4 is 10.6 Å². The van der Waals surface area contributed by atoms with E-state index in [1.165, 1.54) is 0 Å². The Bertz CT molecular complexity index is 430. The second-order valence-corrected chi connectivity index (χ2v) is 5.36. The molecule has 0 aromatic carbocycles. The van der Waals surface area contributed by atoms with Crippen LogP contribution in [0.4, 0.5) is 4.79 Å². The molecule has 6 heteroatoms. The fraction of sp³-hybridized carbons (Fsp3) is 0.538. The molecule has 0 bridgehead atoms. The smallest absolute Gasteiger partial charge is 0.315 e. The maximum absolute atomic E-state index is 11.8. The molecule has 1 aliphatic rings. The van der Waals surface area contributed by atoms with Gasteiger partial charge in [-0.05, 0) is 25.0 Å². The minimum atomic E-state index is -0.447. The van der Waals surface area contributed by atoms with E-state index in [0.29, 0.717) is 11.6 Å². The Labute approximate surface area is 117 Å². The first-order chi connectivity index (χ1) is 9.13.